The zero-order valence-electron chi connectivity index (χ0n) is 9.39. The van der Waals surface area contributed by atoms with Gasteiger partial charge in [-0.15, -0.1) is 0 Å². The Hall–Kier alpha value is -1.05. The molecule has 1 aliphatic rings. The van der Waals surface area contributed by atoms with E-state index in [1.54, 1.807) is 0 Å². The van der Waals surface area contributed by atoms with Crippen LogP contribution in [0.25, 0.3) is 0 Å². The van der Waals surface area contributed by atoms with Gasteiger partial charge in [0.25, 0.3) is 5.56 Å². The average Bonchev–Trinajstić information content (AvgIpc) is 2.57. The minimum absolute atomic E-state index is 0. The van der Waals surface area contributed by atoms with Gasteiger partial charge in [-0.2, -0.15) is 9.90 Å². The molecule has 0 bridgehead atoms. The predicted octanol–water partition coefficient (Wildman–Crippen LogP) is -2.79. The smallest absolute Gasteiger partial charge is 0.330 e. The van der Waals surface area contributed by atoms with Gasteiger partial charge in [-0.05, 0) is 0 Å². The molecule has 8 nitrogen and oxygen atoms in total. The second-order valence-corrected chi connectivity index (χ2v) is 3.75. The van der Waals surface area contributed by atoms with E-state index in [1.807, 2.05) is 4.98 Å². The predicted molar refractivity (Wildman–Crippen MR) is 65.4 cm³/mol. The molecular weight excluding hydrogens is 263 g/mol. The van der Waals surface area contributed by atoms with Crippen LogP contribution in [0.1, 0.15) is 6.23 Å². The molecule has 0 aliphatic carbocycles. The van der Waals surface area contributed by atoms with Crippen molar-refractivity contribution in [2.24, 2.45) is 0 Å². The molecule has 0 spiro atoms. The van der Waals surface area contributed by atoms with E-state index in [-0.39, 0.29) is 9.90 Å². The van der Waals surface area contributed by atoms with E-state index in [1.165, 1.54) is 0 Å². The normalized spacial score (nSPS) is 31.1. The van der Waals surface area contributed by atoms with E-state index in [9.17, 15) is 19.8 Å². The quantitative estimate of drug-likeness (QED) is 0.433. The first-order valence-electron chi connectivity index (χ1n) is 4.98. The number of ether oxygens (including phenoxy) is 1. The second kappa shape index (κ2) is 5.73. The number of rotatable bonds is 2. The van der Waals surface area contributed by atoms with Crippen LogP contribution in [0.4, 0.5) is 0 Å². The van der Waals surface area contributed by atoms with Crippen LogP contribution in [0, 0.1) is 0 Å². The first-order chi connectivity index (χ1) is 8.04. The second-order valence-electron chi connectivity index (χ2n) is 3.75. The summed E-state index contributed by atoms with van der Waals surface area (Å²) in [5.74, 6) is 0. The van der Waals surface area contributed by atoms with Gasteiger partial charge in [0.2, 0.25) is 0 Å². The van der Waals surface area contributed by atoms with Crippen molar-refractivity contribution in [2.45, 2.75) is 24.5 Å². The van der Waals surface area contributed by atoms with Crippen molar-refractivity contribution in [1.29, 1.82) is 0 Å². The monoisotopic (exact) mass is 278 g/mol. The lowest BCUT2D eigenvalue weighted by atomic mass is 10.1. The molecule has 1 fully saturated rings. The first-order valence-corrected chi connectivity index (χ1v) is 4.98. The van der Waals surface area contributed by atoms with E-state index in [0.717, 1.165) is 16.8 Å². The Balaban J connectivity index is 0.00000162. The lowest BCUT2D eigenvalue weighted by Gasteiger charge is -2.16. The lowest BCUT2D eigenvalue weighted by Crippen LogP contribution is -2.37. The van der Waals surface area contributed by atoms with E-state index in [0.29, 0.717) is 0 Å². The maximum atomic E-state index is 11.4. The minimum Gasteiger partial charge on any atom is -0.394 e. The molecule has 2 rings (SSSR count). The Morgan fingerprint density at radius 1 is 1.33 bits per heavy atom. The SMILES string of the molecule is O=c1ccn([C@@H]2O[C@H](CO)[C@@H](O)[C@H]2O)c(=O)[nH]1.P. The summed E-state index contributed by atoms with van der Waals surface area (Å²) < 4.78 is 6.08. The maximum Gasteiger partial charge on any atom is 0.330 e. The summed E-state index contributed by atoms with van der Waals surface area (Å²) in [6.45, 7) is -0.479. The Morgan fingerprint density at radius 2 is 2.00 bits per heavy atom. The van der Waals surface area contributed by atoms with E-state index in [4.69, 9.17) is 9.84 Å². The Labute approximate surface area is 104 Å². The Bertz CT molecular complexity index is 514. The van der Waals surface area contributed by atoms with Crippen LogP contribution in [0.5, 0.6) is 0 Å². The summed E-state index contributed by atoms with van der Waals surface area (Å²) in [4.78, 5) is 24.3. The van der Waals surface area contributed by atoms with Gasteiger partial charge in [0.15, 0.2) is 6.23 Å². The molecule has 0 radical (unpaired) electrons. The molecule has 9 heteroatoms. The molecule has 18 heavy (non-hydrogen) atoms. The summed E-state index contributed by atoms with van der Waals surface area (Å²) in [6.07, 6.45) is -3.58. The lowest BCUT2D eigenvalue weighted by molar-refractivity contribution is -0.0550. The maximum absolute atomic E-state index is 11.4. The fraction of sp³-hybridized carbons (Fsp3) is 0.556. The molecule has 0 saturated carbocycles. The van der Waals surface area contributed by atoms with Gasteiger partial charge in [0.1, 0.15) is 18.3 Å². The molecular formula is C9H15N2O6P. The van der Waals surface area contributed by atoms with Gasteiger partial charge in [-0.3, -0.25) is 14.3 Å². The molecule has 4 N–H and O–H groups in total. The molecule has 102 valence electrons. The fourth-order valence-electron chi connectivity index (χ4n) is 1.74. The largest absolute Gasteiger partial charge is 0.394 e. The topological polar surface area (TPSA) is 125 Å². The Morgan fingerprint density at radius 3 is 2.50 bits per heavy atom. The summed E-state index contributed by atoms with van der Waals surface area (Å²) in [5, 5.41) is 28.1. The summed E-state index contributed by atoms with van der Waals surface area (Å²) >= 11 is 0. The van der Waals surface area contributed by atoms with E-state index >= 15 is 0 Å². The van der Waals surface area contributed by atoms with Crippen LogP contribution >= 0.6 is 9.90 Å². The number of H-pyrrole nitrogens is 1. The molecule has 1 aliphatic heterocycles. The van der Waals surface area contributed by atoms with Gasteiger partial charge in [-0.25, -0.2) is 4.79 Å². The number of hydrogen-bond acceptors (Lipinski definition) is 6. The van der Waals surface area contributed by atoms with Gasteiger partial charge >= 0.3 is 5.69 Å². The van der Waals surface area contributed by atoms with Crippen LogP contribution in [0.3, 0.4) is 0 Å². The van der Waals surface area contributed by atoms with Crippen molar-refractivity contribution >= 4 is 9.90 Å². The van der Waals surface area contributed by atoms with Crippen LogP contribution in [0.2, 0.25) is 0 Å². The number of hydrogen-bond donors (Lipinski definition) is 4. The zero-order chi connectivity index (χ0) is 12.6. The number of nitrogens with zero attached hydrogens (tertiary/aromatic N) is 1. The third-order valence-electron chi connectivity index (χ3n) is 2.64. The number of aromatic amines is 1. The van der Waals surface area contributed by atoms with Crippen molar-refractivity contribution in [1.82, 2.24) is 9.55 Å². The van der Waals surface area contributed by atoms with Crippen LogP contribution in [-0.2, 0) is 4.74 Å². The van der Waals surface area contributed by atoms with Crippen LogP contribution < -0.4 is 11.2 Å². The van der Waals surface area contributed by atoms with Crippen molar-refractivity contribution in [3.05, 3.63) is 33.1 Å². The molecule has 2 heterocycles. The minimum atomic E-state index is -1.35. The van der Waals surface area contributed by atoms with Crippen LogP contribution in [0.15, 0.2) is 21.9 Å². The van der Waals surface area contributed by atoms with Crippen molar-refractivity contribution in [3.63, 3.8) is 0 Å². The summed E-state index contributed by atoms with van der Waals surface area (Å²) in [7, 11) is 0. The van der Waals surface area contributed by atoms with E-state index in [2.05, 4.69) is 0 Å². The van der Waals surface area contributed by atoms with Gasteiger partial charge in [0, 0.05) is 12.3 Å². The number of aliphatic hydroxyl groups excluding tert-OH is 3. The third-order valence-corrected chi connectivity index (χ3v) is 2.64. The highest BCUT2D eigenvalue weighted by Gasteiger charge is 2.43. The number of aliphatic hydroxyl groups is 3. The van der Waals surface area contributed by atoms with Gasteiger partial charge < -0.3 is 20.1 Å². The van der Waals surface area contributed by atoms with Gasteiger partial charge in [0.05, 0.1) is 6.61 Å². The standard InChI is InChI=1S/C9H12N2O6.H3P/c12-3-4-6(14)7(15)8(17-4)11-2-1-5(13)10-9(11)16;/h1-2,4,6-8,12,14-15H,3H2,(H,10,13,16);1H3/t4-,6-,7-,8-;/m1./s1. The van der Waals surface area contributed by atoms with Crippen molar-refractivity contribution < 1.29 is 20.1 Å². The Kier molecular flexibility index (Phi) is 4.78. The molecule has 1 unspecified atom stereocenters. The highest BCUT2D eigenvalue weighted by Crippen LogP contribution is 2.27. The summed E-state index contributed by atoms with van der Waals surface area (Å²) in [6, 6.07) is 1.09. The molecule has 5 atom stereocenters. The van der Waals surface area contributed by atoms with Crippen molar-refractivity contribution in [2.75, 3.05) is 6.61 Å². The average molecular weight is 278 g/mol. The molecule has 0 aromatic carbocycles. The van der Waals surface area contributed by atoms with E-state index < -0.39 is 42.4 Å². The highest BCUT2D eigenvalue weighted by molar-refractivity contribution is 6.92. The number of nitrogens with one attached hydrogen (secondary N) is 1. The highest BCUT2D eigenvalue weighted by atomic mass is 31.0. The molecule has 1 aromatic rings. The zero-order valence-corrected chi connectivity index (χ0v) is 10.8. The first kappa shape index (κ1) is 15.0. The molecule has 1 saturated heterocycles. The van der Waals surface area contributed by atoms with Gasteiger partial charge in [-0.1, -0.05) is 0 Å². The summed E-state index contributed by atoms with van der Waals surface area (Å²) in [5.41, 5.74) is -1.33. The molecule has 0 amide bonds. The number of aromatic nitrogens is 2. The third kappa shape index (κ3) is 2.52. The molecule has 1 aromatic heterocycles. The fourth-order valence-corrected chi connectivity index (χ4v) is 1.74. The van der Waals surface area contributed by atoms with Crippen LogP contribution in [-0.4, -0.2) is 49.8 Å². The van der Waals surface area contributed by atoms with Crippen molar-refractivity contribution in [3.8, 4) is 0 Å².